The average Bonchev–Trinajstić information content (AvgIpc) is 2.35. The number of hydrazine groups is 1. The number of nitrogens with zero attached hydrogens (tertiary/aromatic N) is 2. The summed E-state index contributed by atoms with van der Waals surface area (Å²) in [6.45, 7) is 3.37. The molecule has 1 rings (SSSR count). The second-order valence-corrected chi connectivity index (χ2v) is 5.22. The third-order valence-corrected chi connectivity index (χ3v) is 3.48. The minimum absolute atomic E-state index is 0.164. The van der Waals surface area contributed by atoms with E-state index in [1.807, 2.05) is 0 Å². The molecule has 1 aliphatic rings. The molecule has 0 bridgehead atoms. The van der Waals surface area contributed by atoms with Crippen LogP contribution in [0.1, 0.15) is 12.8 Å². The first-order chi connectivity index (χ1) is 8.58. The summed E-state index contributed by atoms with van der Waals surface area (Å²) in [5, 5.41) is 0. The van der Waals surface area contributed by atoms with Crippen LogP contribution in [-0.4, -0.2) is 69.2 Å². The molecule has 0 aromatic rings. The lowest BCUT2D eigenvalue weighted by atomic mass is 9.95. The molecular formula is C12H26N4O2. The number of likely N-dealkylation sites (tertiary alicyclic amines) is 1. The molecule has 0 spiro atoms. The van der Waals surface area contributed by atoms with Crippen molar-refractivity contribution in [2.75, 3.05) is 47.4 Å². The molecule has 1 amide bonds. The topological polar surface area (TPSA) is 70.8 Å². The molecule has 0 saturated carbocycles. The molecule has 18 heavy (non-hydrogen) atoms. The Labute approximate surface area is 109 Å². The molecule has 1 fully saturated rings. The number of ether oxygens (including phenoxy) is 1. The molecule has 1 aliphatic heterocycles. The number of nitrogens with two attached hydrogens (primary N) is 1. The lowest BCUT2D eigenvalue weighted by Crippen LogP contribution is -2.53. The van der Waals surface area contributed by atoms with Crippen molar-refractivity contribution in [2.24, 2.45) is 11.8 Å². The van der Waals surface area contributed by atoms with E-state index in [1.165, 1.54) is 0 Å². The maximum absolute atomic E-state index is 11.7. The molecule has 1 atom stereocenters. The van der Waals surface area contributed by atoms with Crippen LogP contribution in [0, 0.1) is 5.92 Å². The van der Waals surface area contributed by atoms with Gasteiger partial charge in [-0.2, -0.15) is 0 Å². The van der Waals surface area contributed by atoms with E-state index in [0.717, 1.165) is 38.4 Å². The molecule has 3 N–H and O–H groups in total. The quantitative estimate of drug-likeness (QED) is 0.373. The predicted octanol–water partition coefficient (Wildman–Crippen LogP) is -0.735. The molecule has 1 unspecified atom stereocenters. The summed E-state index contributed by atoms with van der Waals surface area (Å²) in [6, 6.07) is -0.264. The van der Waals surface area contributed by atoms with Gasteiger partial charge in [-0.25, -0.2) is 5.84 Å². The van der Waals surface area contributed by atoms with Gasteiger partial charge < -0.3 is 9.64 Å². The number of methoxy groups -OCH3 is 1. The van der Waals surface area contributed by atoms with Crippen molar-refractivity contribution in [1.29, 1.82) is 0 Å². The van der Waals surface area contributed by atoms with Crippen molar-refractivity contribution in [2.45, 2.75) is 18.9 Å². The summed E-state index contributed by atoms with van der Waals surface area (Å²) in [6.07, 6.45) is 2.24. The second kappa shape index (κ2) is 7.68. The highest BCUT2D eigenvalue weighted by atomic mass is 16.5. The predicted molar refractivity (Wildman–Crippen MR) is 70.8 cm³/mol. The third kappa shape index (κ3) is 4.53. The zero-order chi connectivity index (χ0) is 13.5. The first-order valence-corrected chi connectivity index (χ1v) is 6.46. The van der Waals surface area contributed by atoms with Gasteiger partial charge in [-0.1, -0.05) is 0 Å². The third-order valence-electron chi connectivity index (χ3n) is 3.48. The molecule has 1 saturated heterocycles. The molecule has 6 nitrogen and oxygen atoms in total. The van der Waals surface area contributed by atoms with E-state index in [0.29, 0.717) is 6.61 Å². The highest BCUT2D eigenvalue weighted by Crippen LogP contribution is 2.19. The Morgan fingerprint density at radius 1 is 1.50 bits per heavy atom. The monoisotopic (exact) mass is 258 g/mol. The zero-order valence-electron chi connectivity index (χ0n) is 11.7. The molecule has 0 aliphatic carbocycles. The van der Waals surface area contributed by atoms with Gasteiger partial charge in [0.2, 0.25) is 0 Å². The van der Waals surface area contributed by atoms with E-state index in [-0.39, 0.29) is 11.9 Å². The van der Waals surface area contributed by atoms with Gasteiger partial charge in [0.05, 0.1) is 6.61 Å². The van der Waals surface area contributed by atoms with Crippen LogP contribution in [0.4, 0.5) is 0 Å². The molecule has 0 aromatic heterocycles. The van der Waals surface area contributed by atoms with E-state index in [1.54, 1.807) is 7.11 Å². The van der Waals surface area contributed by atoms with Gasteiger partial charge in [0, 0.05) is 13.7 Å². The number of nitrogens with one attached hydrogen (secondary N) is 1. The molecule has 0 radical (unpaired) electrons. The summed E-state index contributed by atoms with van der Waals surface area (Å²) < 4.78 is 5.11. The Balaban J connectivity index is 2.45. The number of carbonyl (C=O) groups excluding carboxylic acids is 1. The maximum atomic E-state index is 11.7. The number of carbonyl (C=O) groups is 1. The minimum Gasteiger partial charge on any atom is -0.383 e. The van der Waals surface area contributed by atoms with Crippen LogP contribution in [0.5, 0.6) is 0 Å². The molecular weight excluding hydrogens is 232 g/mol. The van der Waals surface area contributed by atoms with Crippen LogP contribution >= 0.6 is 0 Å². The normalized spacial score (nSPS) is 20.1. The number of amides is 1. The maximum Gasteiger partial charge on any atom is 0.253 e. The van der Waals surface area contributed by atoms with Gasteiger partial charge in [-0.05, 0) is 45.9 Å². The van der Waals surface area contributed by atoms with Crippen LogP contribution in [0.15, 0.2) is 0 Å². The lowest BCUT2D eigenvalue weighted by Gasteiger charge is -2.37. The van der Waals surface area contributed by atoms with Gasteiger partial charge in [-0.15, -0.1) is 0 Å². The fourth-order valence-corrected chi connectivity index (χ4v) is 2.56. The molecule has 106 valence electrons. The fourth-order valence-electron chi connectivity index (χ4n) is 2.56. The summed E-state index contributed by atoms with van der Waals surface area (Å²) in [7, 11) is 5.81. The Morgan fingerprint density at radius 2 is 2.11 bits per heavy atom. The average molecular weight is 258 g/mol. The highest BCUT2D eigenvalue weighted by Gasteiger charge is 2.29. The van der Waals surface area contributed by atoms with Crippen LogP contribution in [0.3, 0.4) is 0 Å². The van der Waals surface area contributed by atoms with E-state index in [2.05, 4.69) is 29.3 Å². The van der Waals surface area contributed by atoms with Crippen LogP contribution in [-0.2, 0) is 9.53 Å². The van der Waals surface area contributed by atoms with Crippen molar-refractivity contribution >= 4 is 5.91 Å². The minimum atomic E-state index is -0.264. The SMILES string of the molecule is COCC(C(=O)NN)N1CCC(CN(C)C)CC1. The van der Waals surface area contributed by atoms with E-state index >= 15 is 0 Å². The van der Waals surface area contributed by atoms with Gasteiger partial charge in [0.1, 0.15) is 6.04 Å². The lowest BCUT2D eigenvalue weighted by molar-refractivity contribution is -0.129. The number of piperidine rings is 1. The fraction of sp³-hybridized carbons (Fsp3) is 0.917. The molecule has 0 aromatic carbocycles. The van der Waals surface area contributed by atoms with E-state index in [9.17, 15) is 4.79 Å². The smallest absolute Gasteiger partial charge is 0.253 e. The number of hydrogen-bond donors (Lipinski definition) is 2. The Hall–Kier alpha value is -0.690. The van der Waals surface area contributed by atoms with E-state index in [4.69, 9.17) is 10.6 Å². The van der Waals surface area contributed by atoms with Crippen molar-refractivity contribution in [1.82, 2.24) is 15.2 Å². The number of rotatable bonds is 6. The summed E-state index contributed by atoms with van der Waals surface area (Å²) in [5.74, 6) is 5.77. The summed E-state index contributed by atoms with van der Waals surface area (Å²) >= 11 is 0. The first-order valence-electron chi connectivity index (χ1n) is 6.46. The largest absolute Gasteiger partial charge is 0.383 e. The second-order valence-electron chi connectivity index (χ2n) is 5.22. The summed E-state index contributed by atoms with van der Waals surface area (Å²) in [4.78, 5) is 16.1. The zero-order valence-corrected chi connectivity index (χ0v) is 11.7. The highest BCUT2D eigenvalue weighted by molar-refractivity contribution is 5.81. The van der Waals surface area contributed by atoms with Crippen molar-refractivity contribution in [3.8, 4) is 0 Å². The van der Waals surface area contributed by atoms with Gasteiger partial charge in [0.15, 0.2) is 0 Å². The standard InChI is InChI=1S/C12H26N4O2/c1-15(2)8-10-4-6-16(7-5-10)11(9-18-3)12(17)14-13/h10-11H,4-9,13H2,1-3H3,(H,14,17). The summed E-state index contributed by atoms with van der Waals surface area (Å²) in [5.41, 5.74) is 2.22. The van der Waals surface area contributed by atoms with Crippen LogP contribution in [0.2, 0.25) is 0 Å². The van der Waals surface area contributed by atoms with Crippen molar-refractivity contribution < 1.29 is 9.53 Å². The Bertz CT molecular complexity index is 252. The Kier molecular flexibility index (Phi) is 6.56. The molecule has 6 heteroatoms. The van der Waals surface area contributed by atoms with Crippen LogP contribution in [0.25, 0.3) is 0 Å². The van der Waals surface area contributed by atoms with Crippen LogP contribution < -0.4 is 11.3 Å². The molecule has 1 heterocycles. The van der Waals surface area contributed by atoms with Gasteiger partial charge >= 0.3 is 0 Å². The van der Waals surface area contributed by atoms with Gasteiger partial charge in [-0.3, -0.25) is 15.1 Å². The Morgan fingerprint density at radius 3 is 2.56 bits per heavy atom. The van der Waals surface area contributed by atoms with Crippen molar-refractivity contribution in [3.05, 3.63) is 0 Å². The van der Waals surface area contributed by atoms with Gasteiger partial charge in [0.25, 0.3) is 5.91 Å². The van der Waals surface area contributed by atoms with Crippen molar-refractivity contribution in [3.63, 3.8) is 0 Å². The van der Waals surface area contributed by atoms with E-state index < -0.39 is 0 Å². The first kappa shape index (κ1) is 15.4. The number of hydrogen-bond acceptors (Lipinski definition) is 5.